The fraction of sp³-hybridized carbons (Fsp3) is 0.364. The Morgan fingerprint density at radius 3 is 2.50 bits per heavy atom. The Hall–Kier alpha value is -3.02. The predicted octanol–water partition coefficient (Wildman–Crippen LogP) is 3.71. The van der Waals surface area contributed by atoms with E-state index in [0.29, 0.717) is 29.3 Å². The minimum atomic E-state index is -0.557. The van der Waals surface area contributed by atoms with E-state index in [1.165, 1.54) is 0 Å². The van der Waals surface area contributed by atoms with Crippen molar-refractivity contribution in [2.24, 2.45) is 5.92 Å². The lowest BCUT2D eigenvalue weighted by Gasteiger charge is -2.31. The van der Waals surface area contributed by atoms with Crippen LogP contribution in [0.4, 0.5) is 5.69 Å². The van der Waals surface area contributed by atoms with Crippen LogP contribution in [0.3, 0.4) is 0 Å². The first-order valence-corrected chi connectivity index (χ1v) is 9.41. The number of rotatable bonds is 7. The van der Waals surface area contributed by atoms with Crippen LogP contribution in [0.2, 0.25) is 0 Å². The normalized spacial score (nSPS) is 15.0. The Morgan fingerprint density at radius 1 is 1.14 bits per heavy atom. The quantitative estimate of drug-likeness (QED) is 0.793. The van der Waals surface area contributed by atoms with E-state index >= 15 is 0 Å². The van der Waals surface area contributed by atoms with Gasteiger partial charge in [0.25, 0.3) is 5.91 Å². The minimum Gasteiger partial charge on any atom is -0.493 e. The van der Waals surface area contributed by atoms with E-state index < -0.39 is 6.04 Å². The molecule has 0 unspecified atom stereocenters. The second kappa shape index (κ2) is 8.33. The summed E-state index contributed by atoms with van der Waals surface area (Å²) in [5.74, 6) is 0.832. The van der Waals surface area contributed by atoms with Crippen LogP contribution in [-0.4, -0.2) is 37.0 Å². The smallest absolute Gasteiger partial charge is 0.255 e. The molecule has 2 amide bonds. The SMILES string of the molecule is CC[C@@H](C)[C@@H](C(=O)Nc1ccc(OC)c(OC)c1)N1Cc2ccccc2C1=O. The Morgan fingerprint density at radius 2 is 1.86 bits per heavy atom. The number of carbonyl (C=O) groups excluding carboxylic acids is 2. The highest BCUT2D eigenvalue weighted by atomic mass is 16.5. The lowest BCUT2D eigenvalue weighted by molar-refractivity contribution is -0.122. The molecule has 2 aromatic rings. The lowest BCUT2D eigenvalue weighted by atomic mass is 9.96. The molecule has 0 saturated heterocycles. The summed E-state index contributed by atoms with van der Waals surface area (Å²) >= 11 is 0. The number of hydrogen-bond donors (Lipinski definition) is 1. The van der Waals surface area contributed by atoms with Gasteiger partial charge in [-0.05, 0) is 29.7 Å². The number of amides is 2. The van der Waals surface area contributed by atoms with Gasteiger partial charge in [0.15, 0.2) is 11.5 Å². The maximum Gasteiger partial charge on any atom is 0.255 e. The van der Waals surface area contributed by atoms with Gasteiger partial charge in [-0.1, -0.05) is 38.5 Å². The van der Waals surface area contributed by atoms with Gasteiger partial charge in [0, 0.05) is 23.9 Å². The first-order chi connectivity index (χ1) is 13.5. The third-order valence-corrected chi connectivity index (χ3v) is 5.29. The average molecular weight is 382 g/mol. The van der Waals surface area contributed by atoms with Crippen LogP contribution in [0, 0.1) is 5.92 Å². The molecule has 1 heterocycles. The summed E-state index contributed by atoms with van der Waals surface area (Å²) in [6.07, 6.45) is 0.782. The highest BCUT2D eigenvalue weighted by Gasteiger charge is 2.38. The molecular weight excluding hydrogens is 356 g/mol. The molecule has 0 aromatic heterocycles. The molecule has 1 aliphatic rings. The molecule has 2 aromatic carbocycles. The minimum absolute atomic E-state index is 0.0124. The van der Waals surface area contributed by atoms with Crippen LogP contribution in [0.5, 0.6) is 11.5 Å². The number of methoxy groups -OCH3 is 2. The molecular formula is C22H26N2O4. The highest BCUT2D eigenvalue weighted by Crippen LogP contribution is 2.31. The summed E-state index contributed by atoms with van der Waals surface area (Å²) in [6.45, 7) is 4.47. The molecule has 3 rings (SSSR count). The van der Waals surface area contributed by atoms with Crippen molar-refractivity contribution in [1.29, 1.82) is 0 Å². The number of benzene rings is 2. The van der Waals surface area contributed by atoms with E-state index in [-0.39, 0.29) is 17.7 Å². The largest absolute Gasteiger partial charge is 0.493 e. The van der Waals surface area contributed by atoms with Crippen molar-refractivity contribution >= 4 is 17.5 Å². The Balaban J connectivity index is 1.85. The van der Waals surface area contributed by atoms with Gasteiger partial charge in [-0.25, -0.2) is 0 Å². The molecule has 2 atom stereocenters. The Labute approximate surface area is 165 Å². The van der Waals surface area contributed by atoms with Gasteiger partial charge < -0.3 is 19.7 Å². The summed E-state index contributed by atoms with van der Waals surface area (Å²) in [6, 6.07) is 12.2. The van der Waals surface area contributed by atoms with E-state index in [2.05, 4.69) is 5.32 Å². The summed E-state index contributed by atoms with van der Waals surface area (Å²) in [5, 5.41) is 2.94. The molecule has 1 N–H and O–H groups in total. The van der Waals surface area contributed by atoms with Crippen molar-refractivity contribution in [3.63, 3.8) is 0 Å². The van der Waals surface area contributed by atoms with Gasteiger partial charge in [-0.15, -0.1) is 0 Å². The molecule has 0 spiro atoms. The van der Waals surface area contributed by atoms with Crippen molar-refractivity contribution in [1.82, 2.24) is 4.90 Å². The zero-order chi connectivity index (χ0) is 20.3. The second-order valence-electron chi connectivity index (χ2n) is 6.98. The molecule has 0 saturated carbocycles. The van der Waals surface area contributed by atoms with E-state index in [4.69, 9.17) is 9.47 Å². The summed E-state index contributed by atoms with van der Waals surface area (Å²) < 4.78 is 10.5. The van der Waals surface area contributed by atoms with Crippen molar-refractivity contribution in [2.75, 3.05) is 19.5 Å². The molecule has 1 aliphatic heterocycles. The first-order valence-electron chi connectivity index (χ1n) is 9.41. The zero-order valence-corrected chi connectivity index (χ0v) is 16.7. The van der Waals surface area contributed by atoms with Gasteiger partial charge >= 0.3 is 0 Å². The van der Waals surface area contributed by atoms with Crippen molar-refractivity contribution in [3.8, 4) is 11.5 Å². The van der Waals surface area contributed by atoms with Gasteiger partial charge in [0.1, 0.15) is 6.04 Å². The molecule has 148 valence electrons. The summed E-state index contributed by atoms with van der Waals surface area (Å²) in [4.78, 5) is 27.8. The number of ether oxygens (including phenoxy) is 2. The van der Waals surface area contributed by atoms with Crippen LogP contribution < -0.4 is 14.8 Å². The van der Waals surface area contributed by atoms with Gasteiger partial charge in [-0.2, -0.15) is 0 Å². The molecule has 28 heavy (non-hydrogen) atoms. The van der Waals surface area contributed by atoms with Gasteiger partial charge in [-0.3, -0.25) is 9.59 Å². The Bertz CT molecular complexity index is 881. The van der Waals surface area contributed by atoms with Crippen LogP contribution in [0.15, 0.2) is 42.5 Å². The van der Waals surface area contributed by atoms with E-state index in [9.17, 15) is 9.59 Å². The van der Waals surface area contributed by atoms with Gasteiger partial charge in [0.05, 0.1) is 14.2 Å². The van der Waals surface area contributed by atoms with Crippen LogP contribution in [-0.2, 0) is 11.3 Å². The van der Waals surface area contributed by atoms with Crippen LogP contribution >= 0.6 is 0 Å². The summed E-state index contributed by atoms with van der Waals surface area (Å²) in [5.41, 5.74) is 2.23. The maximum atomic E-state index is 13.2. The molecule has 6 heteroatoms. The van der Waals surface area contributed by atoms with Crippen molar-refractivity contribution in [3.05, 3.63) is 53.6 Å². The van der Waals surface area contributed by atoms with Crippen LogP contribution in [0.1, 0.15) is 36.2 Å². The monoisotopic (exact) mass is 382 g/mol. The molecule has 0 aliphatic carbocycles. The standard InChI is InChI=1S/C22H26N2O4/c1-5-14(2)20(24-13-15-8-6-7-9-17(15)22(24)26)21(25)23-16-10-11-18(27-3)19(12-16)28-4/h6-12,14,20H,5,13H2,1-4H3,(H,23,25)/t14-,20+/m1/s1. The molecule has 6 nitrogen and oxygen atoms in total. The number of fused-ring (bicyclic) bond motifs is 1. The number of nitrogens with one attached hydrogen (secondary N) is 1. The zero-order valence-electron chi connectivity index (χ0n) is 16.7. The van der Waals surface area contributed by atoms with E-state index in [1.807, 2.05) is 38.1 Å². The van der Waals surface area contributed by atoms with Gasteiger partial charge in [0.2, 0.25) is 5.91 Å². The van der Waals surface area contributed by atoms with Crippen LogP contribution in [0.25, 0.3) is 0 Å². The third kappa shape index (κ3) is 3.67. The first kappa shape index (κ1) is 19.7. The van der Waals surface area contributed by atoms with Crippen molar-refractivity contribution in [2.45, 2.75) is 32.9 Å². The molecule has 0 bridgehead atoms. The predicted molar refractivity (Wildman–Crippen MR) is 108 cm³/mol. The maximum absolute atomic E-state index is 13.2. The lowest BCUT2D eigenvalue weighted by Crippen LogP contribution is -2.48. The number of hydrogen-bond acceptors (Lipinski definition) is 4. The third-order valence-electron chi connectivity index (χ3n) is 5.29. The topological polar surface area (TPSA) is 67.9 Å². The second-order valence-corrected chi connectivity index (χ2v) is 6.98. The fourth-order valence-electron chi connectivity index (χ4n) is 3.56. The fourth-order valence-corrected chi connectivity index (χ4v) is 3.56. The van der Waals surface area contributed by atoms with E-state index in [0.717, 1.165) is 12.0 Å². The number of carbonyl (C=O) groups is 2. The Kier molecular flexibility index (Phi) is 5.87. The summed E-state index contributed by atoms with van der Waals surface area (Å²) in [7, 11) is 3.11. The molecule has 0 fully saturated rings. The van der Waals surface area contributed by atoms with Crippen molar-refractivity contribution < 1.29 is 19.1 Å². The average Bonchev–Trinajstić information content (AvgIpc) is 3.04. The van der Waals surface area contributed by atoms with E-state index in [1.54, 1.807) is 37.3 Å². The number of anilines is 1. The highest BCUT2D eigenvalue weighted by molar-refractivity contribution is 6.03. The number of nitrogens with zero attached hydrogens (tertiary/aromatic N) is 1. The molecule has 0 radical (unpaired) electrons.